The molecule has 31 heavy (non-hydrogen) atoms. The van der Waals surface area contributed by atoms with Crippen LogP contribution in [-0.4, -0.2) is 48.6 Å². The van der Waals surface area contributed by atoms with Crippen molar-refractivity contribution in [2.75, 3.05) is 13.1 Å². The number of benzene rings is 1. The first-order valence-corrected chi connectivity index (χ1v) is 10.3. The highest BCUT2D eigenvalue weighted by atomic mass is 16.5. The molecule has 1 N–H and O–H groups in total. The standard InChI is InChI=1S/C22H22N6O3/c1-13-5-3-6-15(9-13)22(30)27-8-4-7-16(12-27)19-24-21(31-26-19)17-10-18-20(29)23-14(2)11-28(18)25-17/h3,5-6,9-11,16H,4,7-8,12H2,1-2H3,(H,23,29)/t16-/m1/s1. The molecular formula is C22H22N6O3. The van der Waals surface area contributed by atoms with Gasteiger partial charge < -0.3 is 14.4 Å². The summed E-state index contributed by atoms with van der Waals surface area (Å²) in [6.45, 7) is 5.02. The van der Waals surface area contributed by atoms with Crippen molar-refractivity contribution < 1.29 is 9.32 Å². The van der Waals surface area contributed by atoms with E-state index in [4.69, 9.17) is 4.52 Å². The molecule has 158 valence electrons. The van der Waals surface area contributed by atoms with E-state index >= 15 is 0 Å². The lowest BCUT2D eigenvalue weighted by molar-refractivity contribution is 0.0703. The predicted octanol–water partition coefficient (Wildman–Crippen LogP) is 2.71. The molecule has 0 radical (unpaired) electrons. The summed E-state index contributed by atoms with van der Waals surface area (Å²) in [5.41, 5.74) is 3.09. The number of piperidine rings is 1. The number of aromatic amines is 1. The van der Waals surface area contributed by atoms with Gasteiger partial charge in [0.2, 0.25) is 0 Å². The Bertz CT molecular complexity index is 1330. The molecule has 0 bridgehead atoms. The minimum absolute atomic E-state index is 0.0114. The Hall–Kier alpha value is -3.75. The van der Waals surface area contributed by atoms with E-state index in [2.05, 4.69) is 20.2 Å². The van der Waals surface area contributed by atoms with E-state index in [1.165, 1.54) is 4.52 Å². The van der Waals surface area contributed by atoms with Crippen LogP contribution in [0.5, 0.6) is 0 Å². The van der Waals surface area contributed by atoms with Crippen LogP contribution in [0.2, 0.25) is 0 Å². The van der Waals surface area contributed by atoms with Gasteiger partial charge in [-0.15, -0.1) is 0 Å². The molecule has 1 aromatic carbocycles. The van der Waals surface area contributed by atoms with Crippen LogP contribution < -0.4 is 5.56 Å². The first kappa shape index (κ1) is 19.2. The third-order valence-corrected chi connectivity index (χ3v) is 5.59. The fraction of sp³-hybridized carbons (Fsp3) is 0.318. The maximum absolute atomic E-state index is 12.9. The average Bonchev–Trinajstić information content (AvgIpc) is 3.41. The van der Waals surface area contributed by atoms with Gasteiger partial charge in [0, 0.05) is 42.5 Å². The van der Waals surface area contributed by atoms with Crippen LogP contribution in [0.3, 0.4) is 0 Å². The number of aromatic nitrogens is 5. The van der Waals surface area contributed by atoms with E-state index in [0.717, 1.165) is 18.4 Å². The Balaban J connectivity index is 1.37. The van der Waals surface area contributed by atoms with Crippen LogP contribution in [-0.2, 0) is 0 Å². The monoisotopic (exact) mass is 418 g/mol. The zero-order valence-electron chi connectivity index (χ0n) is 17.3. The fourth-order valence-corrected chi connectivity index (χ4v) is 4.06. The quantitative estimate of drug-likeness (QED) is 0.548. The SMILES string of the molecule is Cc1cccc(C(=O)N2CCC[C@@H](c3noc(-c4cc5c(=O)[nH]c(C)cn5n4)n3)C2)c1. The Morgan fingerprint density at radius 2 is 2.13 bits per heavy atom. The molecule has 9 nitrogen and oxygen atoms in total. The van der Waals surface area contributed by atoms with Crippen molar-refractivity contribution in [1.29, 1.82) is 0 Å². The van der Waals surface area contributed by atoms with E-state index in [1.54, 1.807) is 19.2 Å². The van der Waals surface area contributed by atoms with Crippen molar-refractivity contribution in [3.05, 3.63) is 69.5 Å². The first-order valence-electron chi connectivity index (χ1n) is 10.3. The number of nitrogens with one attached hydrogen (secondary N) is 1. The van der Waals surface area contributed by atoms with Crippen molar-refractivity contribution >= 4 is 11.4 Å². The third-order valence-electron chi connectivity index (χ3n) is 5.59. The van der Waals surface area contributed by atoms with Crippen LogP contribution in [0.25, 0.3) is 17.1 Å². The molecule has 1 saturated heterocycles. The predicted molar refractivity (Wildman–Crippen MR) is 113 cm³/mol. The number of carbonyl (C=O) groups excluding carboxylic acids is 1. The topological polar surface area (TPSA) is 109 Å². The Morgan fingerprint density at radius 1 is 1.26 bits per heavy atom. The number of likely N-dealkylation sites (tertiary alicyclic amines) is 1. The highest BCUT2D eigenvalue weighted by Gasteiger charge is 2.29. The van der Waals surface area contributed by atoms with Crippen molar-refractivity contribution in [3.8, 4) is 11.6 Å². The van der Waals surface area contributed by atoms with Gasteiger partial charge in [-0.2, -0.15) is 10.1 Å². The molecule has 0 unspecified atom stereocenters. The highest BCUT2D eigenvalue weighted by molar-refractivity contribution is 5.94. The number of amides is 1. The number of nitrogens with zero attached hydrogens (tertiary/aromatic N) is 5. The number of fused-ring (bicyclic) bond motifs is 1. The lowest BCUT2D eigenvalue weighted by Gasteiger charge is -2.31. The zero-order valence-corrected chi connectivity index (χ0v) is 17.3. The van der Waals surface area contributed by atoms with Gasteiger partial charge in [-0.1, -0.05) is 22.9 Å². The summed E-state index contributed by atoms with van der Waals surface area (Å²) in [4.78, 5) is 34.2. The van der Waals surface area contributed by atoms with E-state index in [9.17, 15) is 9.59 Å². The molecule has 1 fully saturated rings. The number of hydrogen-bond donors (Lipinski definition) is 1. The summed E-state index contributed by atoms with van der Waals surface area (Å²) >= 11 is 0. The number of carbonyl (C=O) groups is 1. The minimum atomic E-state index is -0.226. The lowest BCUT2D eigenvalue weighted by atomic mass is 9.96. The maximum Gasteiger partial charge on any atom is 0.278 e. The second-order valence-corrected chi connectivity index (χ2v) is 8.04. The summed E-state index contributed by atoms with van der Waals surface area (Å²) in [6.07, 6.45) is 3.48. The van der Waals surface area contributed by atoms with Crippen LogP contribution in [0, 0.1) is 13.8 Å². The van der Waals surface area contributed by atoms with Gasteiger partial charge in [0.25, 0.3) is 17.4 Å². The van der Waals surface area contributed by atoms with E-state index in [0.29, 0.717) is 41.4 Å². The molecule has 0 spiro atoms. The molecule has 1 aliphatic rings. The number of rotatable bonds is 3. The summed E-state index contributed by atoms with van der Waals surface area (Å²) in [5.74, 6) is 0.825. The van der Waals surface area contributed by atoms with Gasteiger partial charge in [0.15, 0.2) is 11.5 Å². The van der Waals surface area contributed by atoms with Gasteiger partial charge in [-0.05, 0) is 38.8 Å². The molecule has 9 heteroatoms. The molecule has 4 aromatic rings. The highest BCUT2D eigenvalue weighted by Crippen LogP contribution is 2.28. The van der Waals surface area contributed by atoms with Gasteiger partial charge in [-0.25, -0.2) is 4.52 Å². The molecule has 3 aromatic heterocycles. The molecule has 1 atom stereocenters. The van der Waals surface area contributed by atoms with Gasteiger partial charge in [0.05, 0.1) is 0 Å². The second-order valence-electron chi connectivity index (χ2n) is 8.04. The van der Waals surface area contributed by atoms with Crippen molar-refractivity contribution in [3.63, 3.8) is 0 Å². The van der Waals surface area contributed by atoms with Crippen molar-refractivity contribution in [2.24, 2.45) is 0 Å². The van der Waals surface area contributed by atoms with E-state index in [1.807, 2.05) is 36.1 Å². The molecule has 5 rings (SSSR count). The van der Waals surface area contributed by atoms with Crippen molar-refractivity contribution in [2.45, 2.75) is 32.6 Å². The van der Waals surface area contributed by atoms with Crippen LogP contribution in [0.1, 0.15) is 46.2 Å². The smallest absolute Gasteiger partial charge is 0.278 e. The van der Waals surface area contributed by atoms with Crippen LogP contribution >= 0.6 is 0 Å². The maximum atomic E-state index is 12.9. The largest absolute Gasteiger partial charge is 0.338 e. The first-order chi connectivity index (χ1) is 15.0. The molecule has 1 amide bonds. The summed E-state index contributed by atoms with van der Waals surface area (Å²) in [6, 6.07) is 9.26. The molecular weight excluding hydrogens is 396 g/mol. The zero-order chi connectivity index (χ0) is 21.5. The molecule has 0 saturated carbocycles. The summed E-state index contributed by atoms with van der Waals surface area (Å²) < 4.78 is 6.96. The van der Waals surface area contributed by atoms with E-state index in [-0.39, 0.29) is 23.3 Å². The number of hydrogen-bond acceptors (Lipinski definition) is 6. The fourth-order valence-electron chi connectivity index (χ4n) is 4.06. The van der Waals surface area contributed by atoms with Crippen molar-refractivity contribution in [1.82, 2.24) is 29.6 Å². The van der Waals surface area contributed by atoms with Gasteiger partial charge >= 0.3 is 0 Å². The second kappa shape index (κ2) is 7.50. The number of H-pyrrole nitrogens is 1. The van der Waals surface area contributed by atoms with Crippen LogP contribution in [0.4, 0.5) is 0 Å². The normalized spacial score (nSPS) is 16.7. The Labute approximate surface area is 177 Å². The lowest BCUT2D eigenvalue weighted by Crippen LogP contribution is -2.39. The molecule has 4 heterocycles. The van der Waals surface area contributed by atoms with Gasteiger partial charge in [-0.3, -0.25) is 9.59 Å². The average molecular weight is 418 g/mol. The van der Waals surface area contributed by atoms with E-state index < -0.39 is 0 Å². The third kappa shape index (κ3) is 3.63. The van der Waals surface area contributed by atoms with Gasteiger partial charge in [0.1, 0.15) is 5.52 Å². The molecule has 0 aliphatic carbocycles. The summed E-state index contributed by atoms with van der Waals surface area (Å²) in [5, 5.41) is 8.54. The summed E-state index contributed by atoms with van der Waals surface area (Å²) in [7, 11) is 0. The Morgan fingerprint density at radius 3 is 2.97 bits per heavy atom. The molecule has 1 aliphatic heterocycles. The minimum Gasteiger partial charge on any atom is -0.338 e. The Kier molecular flexibility index (Phi) is 4.65. The van der Waals surface area contributed by atoms with Crippen LogP contribution in [0.15, 0.2) is 45.8 Å². The number of aryl methyl sites for hydroxylation is 2.